The zero-order chi connectivity index (χ0) is 20.8. The first-order valence-electron chi connectivity index (χ1n) is 9.21. The Morgan fingerprint density at radius 2 is 2.03 bits per heavy atom. The highest BCUT2D eigenvalue weighted by Crippen LogP contribution is 2.25. The van der Waals surface area contributed by atoms with E-state index in [9.17, 15) is 9.59 Å². The molecule has 1 N–H and O–H groups in total. The van der Waals surface area contributed by atoms with Crippen LogP contribution < -0.4 is 10.9 Å². The molecular formula is C21H22ClN3O3S. The van der Waals surface area contributed by atoms with Crippen molar-refractivity contribution in [2.24, 2.45) is 0 Å². The molecule has 0 saturated carbocycles. The van der Waals surface area contributed by atoms with Crippen molar-refractivity contribution < 1.29 is 9.53 Å². The molecule has 1 atom stereocenters. The Hall–Kier alpha value is -2.35. The number of thioether (sulfide) groups is 1. The lowest BCUT2D eigenvalue weighted by Gasteiger charge is -2.16. The number of amides is 1. The zero-order valence-corrected chi connectivity index (χ0v) is 17.8. The van der Waals surface area contributed by atoms with Gasteiger partial charge < -0.3 is 10.1 Å². The molecule has 0 aliphatic rings. The smallest absolute Gasteiger partial charge is 0.262 e. The van der Waals surface area contributed by atoms with Crippen LogP contribution in [0.4, 0.5) is 5.69 Å². The summed E-state index contributed by atoms with van der Waals surface area (Å²) in [6, 6.07) is 14.3. The summed E-state index contributed by atoms with van der Waals surface area (Å²) >= 11 is 7.32. The quantitative estimate of drug-likeness (QED) is 0.328. The predicted octanol–water partition coefficient (Wildman–Crippen LogP) is 4.21. The van der Waals surface area contributed by atoms with E-state index < -0.39 is 5.25 Å². The zero-order valence-electron chi connectivity index (χ0n) is 16.2. The summed E-state index contributed by atoms with van der Waals surface area (Å²) in [6.07, 6.45) is 0.662. The van der Waals surface area contributed by atoms with Gasteiger partial charge in [-0.05, 0) is 43.7 Å². The van der Waals surface area contributed by atoms with Crippen LogP contribution >= 0.6 is 23.4 Å². The van der Waals surface area contributed by atoms with Gasteiger partial charge in [-0.3, -0.25) is 14.2 Å². The maximum absolute atomic E-state index is 13.0. The first-order chi connectivity index (χ1) is 14.0. The Morgan fingerprint density at radius 3 is 2.76 bits per heavy atom. The van der Waals surface area contributed by atoms with E-state index in [0.29, 0.717) is 40.7 Å². The van der Waals surface area contributed by atoms with Gasteiger partial charge in [0.1, 0.15) is 0 Å². The minimum Gasteiger partial charge on any atom is -0.385 e. The third-order valence-corrected chi connectivity index (χ3v) is 5.63. The number of anilines is 1. The molecule has 3 rings (SSSR count). The summed E-state index contributed by atoms with van der Waals surface area (Å²) in [6.45, 7) is 2.77. The summed E-state index contributed by atoms with van der Waals surface area (Å²) in [5.41, 5.74) is 1.09. The second-order valence-corrected chi connectivity index (χ2v) is 8.22. The topological polar surface area (TPSA) is 73.2 Å². The van der Waals surface area contributed by atoms with Crippen LogP contribution in [0.1, 0.15) is 13.3 Å². The highest BCUT2D eigenvalue weighted by atomic mass is 35.5. The number of fused-ring (bicyclic) bond motifs is 1. The molecule has 2 aromatic carbocycles. The average Bonchev–Trinajstić information content (AvgIpc) is 2.70. The van der Waals surface area contributed by atoms with Gasteiger partial charge >= 0.3 is 0 Å². The van der Waals surface area contributed by atoms with E-state index in [2.05, 4.69) is 10.3 Å². The molecule has 6 nitrogen and oxygen atoms in total. The van der Waals surface area contributed by atoms with Gasteiger partial charge in [-0.25, -0.2) is 4.98 Å². The number of nitrogens with zero attached hydrogens (tertiary/aromatic N) is 2. The Labute approximate surface area is 178 Å². The number of rotatable bonds is 8. The maximum Gasteiger partial charge on any atom is 0.262 e. The predicted molar refractivity (Wildman–Crippen MR) is 118 cm³/mol. The van der Waals surface area contributed by atoms with Gasteiger partial charge in [0.2, 0.25) is 5.91 Å². The summed E-state index contributed by atoms with van der Waals surface area (Å²) < 4.78 is 6.71. The van der Waals surface area contributed by atoms with Gasteiger partial charge in [-0.1, -0.05) is 41.6 Å². The van der Waals surface area contributed by atoms with Gasteiger partial charge in [0.15, 0.2) is 5.16 Å². The van der Waals surface area contributed by atoms with Gasteiger partial charge in [0.25, 0.3) is 5.56 Å². The largest absolute Gasteiger partial charge is 0.385 e. The van der Waals surface area contributed by atoms with E-state index in [1.807, 2.05) is 30.3 Å². The minimum absolute atomic E-state index is 0.152. The molecule has 1 aromatic heterocycles. The summed E-state index contributed by atoms with van der Waals surface area (Å²) in [7, 11) is 1.62. The molecule has 1 unspecified atom stereocenters. The summed E-state index contributed by atoms with van der Waals surface area (Å²) in [5, 5.41) is 3.91. The SMILES string of the molecule is COCCCn1c(SC(C)C(=O)Nc2ccccc2)nc2cc(Cl)ccc2c1=O. The first kappa shape index (κ1) is 21.4. The van der Waals surface area contributed by atoms with Gasteiger partial charge in [-0.15, -0.1) is 0 Å². The van der Waals surface area contributed by atoms with E-state index in [4.69, 9.17) is 16.3 Å². The van der Waals surface area contributed by atoms with E-state index in [1.54, 1.807) is 36.8 Å². The molecule has 0 fully saturated rings. The lowest BCUT2D eigenvalue weighted by atomic mass is 10.2. The third-order valence-electron chi connectivity index (χ3n) is 4.31. The Kier molecular flexibility index (Phi) is 7.30. The lowest BCUT2D eigenvalue weighted by molar-refractivity contribution is -0.115. The fraction of sp³-hybridized carbons (Fsp3) is 0.286. The van der Waals surface area contributed by atoms with Crippen molar-refractivity contribution in [3.05, 3.63) is 63.9 Å². The van der Waals surface area contributed by atoms with Crippen LogP contribution in [0.3, 0.4) is 0 Å². The molecule has 8 heteroatoms. The number of carbonyl (C=O) groups excluding carboxylic acids is 1. The van der Waals surface area contributed by atoms with Crippen molar-refractivity contribution in [1.29, 1.82) is 0 Å². The van der Waals surface area contributed by atoms with Crippen LogP contribution in [0.25, 0.3) is 10.9 Å². The maximum atomic E-state index is 13.0. The third kappa shape index (κ3) is 5.38. The average molecular weight is 432 g/mol. The summed E-state index contributed by atoms with van der Waals surface area (Å²) in [4.78, 5) is 30.3. The van der Waals surface area contributed by atoms with Crippen molar-refractivity contribution in [2.45, 2.75) is 30.3 Å². The van der Waals surface area contributed by atoms with Crippen LogP contribution in [0.2, 0.25) is 5.02 Å². The number of benzene rings is 2. The molecule has 0 radical (unpaired) electrons. The van der Waals surface area contributed by atoms with Gasteiger partial charge in [-0.2, -0.15) is 0 Å². The molecule has 1 heterocycles. The molecule has 0 aliphatic carbocycles. The number of carbonyl (C=O) groups is 1. The minimum atomic E-state index is -0.451. The molecule has 3 aromatic rings. The highest BCUT2D eigenvalue weighted by molar-refractivity contribution is 8.00. The normalized spacial score (nSPS) is 12.1. The Morgan fingerprint density at radius 1 is 1.28 bits per heavy atom. The number of hydrogen-bond donors (Lipinski definition) is 1. The van der Waals surface area contributed by atoms with Crippen LogP contribution in [0.5, 0.6) is 0 Å². The molecule has 0 aliphatic heterocycles. The second kappa shape index (κ2) is 9.91. The number of methoxy groups -OCH3 is 1. The fourth-order valence-electron chi connectivity index (χ4n) is 2.80. The van der Waals surface area contributed by atoms with Crippen LogP contribution in [0, 0.1) is 0 Å². The van der Waals surface area contributed by atoms with Crippen molar-refractivity contribution in [1.82, 2.24) is 9.55 Å². The standard InChI is InChI=1S/C21H22ClN3O3S/c1-14(19(26)23-16-7-4-3-5-8-16)29-21-24-18-13-15(22)9-10-17(18)20(27)25(21)11-6-12-28-2/h3-5,7-10,13-14H,6,11-12H2,1-2H3,(H,23,26). The van der Waals surface area contributed by atoms with Gasteiger partial charge in [0, 0.05) is 31.0 Å². The Bertz CT molecular complexity index is 1060. The van der Waals surface area contributed by atoms with Crippen LogP contribution in [0.15, 0.2) is 58.5 Å². The number of ether oxygens (including phenoxy) is 1. The molecule has 29 heavy (non-hydrogen) atoms. The number of hydrogen-bond acceptors (Lipinski definition) is 5. The molecule has 0 bridgehead atoms. The molecule has 0 saturated heterocycles. The number of para-hydroxylation sites is 1. The lowest BCUT2D eigenvalue weighted by Crippen LogP contribution is -2.27. The Balaban J connectivity index is 1.90. The number of aromatic nitrogens is 2. The van der Waals surface area contributed by atoms with Crippen molar-refractivity contribution in [3.8, 4) is 0 Å². The summed E-state index contributed by atoms with van der Waals surface area (Å²) in [5.74, 6) is -0.162. The van der Waals surface area contributed by atoms with Gasteiger partial charge in [0.05, 0.1) is 16.2 Å². The monoisotopic (exact) mass is 431 g/mol. The van der Waals surface area contributed by atoms with Crippen LogP contribution in [-0.4, -0.2) is 34.4 Å². The van der Waals surface area contributed by atoms with Crippen molar-refractivity contribution >= 4 is 45.9 Å². The van der Waals surface area contributed by atoms with E-state index >= 15 is 0 Å². The molecular weight excluding hydrogens is 410 g/mol. The van der Waals surface area contributed by atoms with E-state index in [-0.39, 0.29) is 11.5 Å². The highest BCUT2D eigenvalue weighted by Gasteiger charge is 2.19. The second-order valence-electron chi connectivity index (χ2n) is 6.47. The number of nitrogens with one attached hydrogen (secondary N) is 1. The van der Waals surface area contributed by atoms with Crippen molar-refractivity contribution in [3.63, 3.8) is 0 Å². The van der Waals surface area contributed by atoms with Crippen LogP contribution in [-0.2, 0) is 16.1 Å². The number of halogens is 1. The molecule has 1 amide bonds. The van der Waals surface area contributed by atoms with Crippen molar-refractivity contribution in [2.75, 3.05) is 19.0 Å². The fourth-order valence-corrected chi connectivity index (χ4v) is 3.91. The molecule has 152 valence electrons. The van der Waals surface area contributed by atoms with E-state index in [0.717, 1.165) is 5.69 Å². The molecule has 0 spiro atoms. The first-order valence-corrected chi connectivity index (χ1v) is 10.5. The van der Waals surface area contributed by atoms with E-state index in [1.165, 1.54) is 11.8 Å².